The van der Waals surface area contributed by atoms with Crippen LogP contribution in [0.3, 0.4) is 0 Å². The second-order valence-corrected chi connectivity index (χ2v) is 9.39. The van der Waals surface area contributed by atoms with Gasteiger partial charge in [0.15, 0.2) is 0 Å². The van der Waals surface area contributed by atoms with E-state index in [2.05, 4.69) is 54.0 Å². The predicted molar refractivity (Wildman–Crippen MR) is 115 cm³/mol. The maximum absolute atomic E-state index is 13.1. The first-order valence-electron chi connectivity index (χ1n) is 10.2. The van der Waals surface area contributed by atoms with E-state index < -0.39 is 0 Å². The van der Waals surface area contributed by atoms with Crippen molar-refractivity contribution in [2.45, 2.75) is 53.7 Å². The third kappa shape index (κ3) is 3.30. The van der Waals surface area contributed by atoms with Crippen molar-refractivity contribution < 1.29 is 9.53 Å². The number of aryl methyl sites for hydroxylation is 2. The molecule has 1 amide bonds. The molecule has 8 heteroatoms. The predicted octanol–water partition coefficient (Wildman–Crippen LogP) is 3.22. The van der Waals surface area contributed by atoms with Crippen molar-refractivity contribution in [3.63, 3.8) is 0 Å². The first kappa shape index (κ1) is 20.8. The number of pyridine rings is 1. The molecule has 4 rings (SSSR count). The van der Waals surface area contributed by atoms with E-state index in [4.69, 9.17) is 10.00 Å². The third-order valence-electron chi connectivity index (χ3n) is 6.26. The number of carbonyl (C=O) groups excluding carboxylic acids is 1. The molecule has 3 heterocycles. The summed E-state index contributed by atoms with van der Waals surface area (Å²) in [5.74, 6) is 0.777. The summed E-state index contributed by atoms with van der Waals surface area (Å²) < 4.78 is 7.96. The highest BCUT2D eigenvalue weighted by Gasteiger charge is 2.64. The lowest BCUT2D eigenvalue weighted by Gasteiger charge is -2.62. The third-order valence-corrected chi connectivity index (χ3v) is 6.26. The smallest absolute Gasteiger partial charge is 0.270 e. The zero-order valence-corrected chi connectivity index (χ0v) is 18.6. The van der Waals surface area contributed by atoms with Gasteiger partial charge in [-0.05, 0) is 25.5 Å². The normalized spacial score (nSPS) is 21.2. The van der Waals surface area contributed by atoms with E-state index in [1.165, 1.54) is 0 Å². The summed E-state index contributed by atoms with van der Waals surface area (Å²) in [5.41, 5.74) is 1.89. The number of ether oxygens (including phenoxy) is 1. The molecule has 0 bridgehead atoms. The van der Waals surface area contributed by atoms with Gasteiger partial charge in [0.05, 0.1) is 17.5 Å². The minimum atomic E-state index is -0.336. The van der Waals surface area contributed by atoms with Gasteiger partial charge in [0, 0.05) is 35.3 Å². The van der Waals surface area contributed by atoms with Gasteiger partial charge in [-0.3, -0.25) is 9.20 Å². The summed E-state index contributed by atoms with van der Waals surface area (Å²) in [7, 11) is 0. The fourth-order valence-corrected chi connectivity index (χ4v) is 4.99. The van der Waals surface area contributed by atoms with E-state index in [1.54, 1.807) is 35.9 Å². The molecule has 1 aliphatic rings. The van der Waals surface area contributed by atoms with Crippen molar-refractivity contribution in [3.8, 4) is 11.9 Å². The second kappa shape index (κ2) is 7.05. The zero-order chi connectivity index (χ0) is 22.6. The van der Waals surface area contributed by atoms with E-state index in [9.17, 15) is 4.79 Å². The molecule has 1 saturated carbocycles. The van der Waals surface area contributed by atoms with Crippen LogP contribution in [0.15, 0.2) is 30.7 Å². The second-order valence-electron chi connectivity index (χ2n) is 9.39. The molecule has 0 aliphatic heterocycles. The molecular weight excluding hydrogens is 392 g/mol. The number of aromatic nitrogens is 4. The van der Waals surface area contributed by atoms with E-state index in [0.717, 1.165) is 5.56 Å². The molecule has 160 valence electrons. The minimum absolute atomic E-state index is 0.125. The minimum Gasteiger partial charge on any atom is -0.473 e. The number of fused-ring (bicyclic) bond motifs is 1. The Labute approximate surface area is 181 Å². The van der Waals surface area contributed by atoms with Gasteiger partial charge in [0.2, 0.25) is 11.7 Å². The van der Waals surface area contributed by atoms with E-state index in [0.29, 0.717) is 28.6 Å². The van der Waals surface area contributed by atoms with Gasteiger partial charge < -0.3 is 10.1 Å². The van der Waals surface area contributed by atoms with Gasteiger partial charge in [0.25, 0.3) is 5.91 Å². The average molecular weight is 419 g/mol. The summed E-state index contributed by atoms with van der Waals surface area (Å²) in [6.45, 7) is 12.0. The highest BCUT2D eigenvalue weighted by atomic mass is 16.5. The molecule has 31 heavy (non-hydrogen) atoms. The Morgan fingerprint density at radius 3 is 2.48 bits per heavy atom. The number of rotatable bonds is 4. The van der Waals surface area contributed by atoms with Gasteiger partial charge in [-0.2, -0.15) is 5.26 Å². The Hall–Kier alpha value is -3.47. The van der Waals surface area contributed by atoms with Crippen LogP contribution in [-0.2, 0) is 0 Å². The van der Waals surface area contributed by atoms with Gasteiger partial charge in [0.1, 0.15) is 17.9 Å². The Morgan fingerprint density at radius 1 is 1.16 bits per heavy atom. The molecule has 0 unspecified atom stereocenters. The van der Waals surface area contributed by atoms with Crippen molar-refractivity contribution in [1.29, 1.82) is 5.26 Å². The van der Waals surface area contributed by atoms with Crippen LogP contribution in [-0.4, -0.2) is 37.4 Å². The number of amides is 1. The molecule has 1 aliphatic carbocycles. The van der Waals surface area contributed by atoms with Crippen molar-refractivity contribution in [1.82, 2.24) is 24.7 Å². The van der Waals surface area contributed by atoms with Crippen LogP contribution in [0.2, 0.25) is 0 Å². The summed E-state index contributed by atoms with van der Waals surface area (Å²) in [6.07, 6.45) is 4.96. The van der Waals surface area contributed by atoms with Crippen LogP contribution in [0.1, 0.15) is 55.0 Å². The molecule has 1 N–H and O–H groups in total. The maximum Gasteiger partial charge on any atom is 0.270 e. The Balaban J connectivity index is 1.55. The number of nitriles is 1. The molecule has 8 nitrogen and oxygen atoms in total. The van der Waals surface area contributed by atoms with Crippen molar-refractivity contribution in [3.05, 3.63) is 53.2 Å². The topological polar surface area (TPSA) is 105 Å². The van der Waals surface area contributed by atoms with Crippen LogP contribution in [0, 0.1) is 36.0 Å². The summed E-state index contributed by atoms with van der Waals surface area (Å²) in [5, 5.41) is 12.3. The van der Waals surface area contributed by atoms with Crippen LogP contribution >= 0.6 is 0 Å². The van der Waals surface area contributed by atoms with Gasteiger partial charge >= 0.3 is 0 Å². The standard InChI is InChI=1S/C23H26N6O2/c1-13-10-25-21-26-11-16(29(21)12-13)18(30)28-19-22(3,4)20(23(19,5)6)31-17-8-7-15(9-24)14(2)27-17/h7-8,10-12,19-20H,1-6H3,(H,28,30). The highest BCUT2D eigenvalue weighted by molar-refractivity contribution is 5.93. The molecule has 0 atom stereocenters. The van der Waals surface area contributed by atoms with Crippen LogP contribution in [0.25, 0.3) is 5.78 Å². The molecule has 3 aromatic heterocycles. The number of hydrogen-bond donors (Lipinski definition) is 1. The molecule has 0 spiro atoms. The largest absolute Gasteiger partial charge is 0.473 e. The highest BCUT2D eigenvalue weighted by Crippen LogP contribution is 2.55. The summed E-state index contributed by atoms with van der Waals surface area (Å²) in [4.78, 5) is 26.0. The SMILES string of the molecule is Cc1cnc2ncc(C(=O)NC3C(C)(C)C(Oc4ccc(C#N)c(C)n4)C3(C)C)n2c1. The van der Waals surface area contributed by atoms with Crippen molar-refractivity contribution in [2.75, 3.05) is 0 Å². The first-order valence-corrected chi connectivity index (χ1v) is 10.2. The lowest BCUT2D eigenvalue weighted by Crippen LogP contribution is -2.74. The first-order chi connectivity index (χ1) is 14.6. The molecule has 1 fully saturated rings. The lowest BCUT2D eigenvalue weighted by molar-refractivity contribution is -0.165. The van der Waals surface area contributed by atoms with Gasteiger partial charge in [-0.25, -0.2) is 15.0 Å². The lowest BCUT2D eigenvalue weighted by atomic mass is 9.49. The molecular formula is C23H26N6O2. The Kier molecular flexibility index (Phi) is 4.73. The number of nitrogens with one attached hydrogen (secondary N) is 1. The van der Waals surface area contributed by atoms with Crippen molar-refractivity contribution in [2.24, 2.45) is 10.8 Å². The Bertz CT molecular complexity index is 1200. The van der Waals surface area contributed by atoms with E-state index >= 15 is 0 Å². The molecule has 0 radical (unpaired) electrons. The Morgan fingerprint density at radius 2 is 1.84 bits per heavy atom. The van der Waals surface area contributed by atoms with Gasteiger partial charge in [-0.1, -0.05) is 27.7 Å². The van der Waals surface area contributed by atoms with E-state index in [1.807, 2.05) is 13.1 Å². The van der Waals surface area contributed by atoms with Crippen molar-refractivity contribution >= 4 is 11.7 Å². The number of hydrogen-bond acceptors (Lipinski definition) is 6. The van der Waals surface area contributed by atoms with Crippen LogP contribution < -0.4 is 10.1 Å². The molecule has 3 aromatic rings. The number of carbonyl (C=O) groups is 1. The fourth-order valence-electron chi connectivity index (χ4n) is 4.99. The number of imidazole rings is 1. The quantitative estimate of drug-likeness (QED) is 0.697. The average Bonchev–Trinajstić information content (AvgIpc) is 3.13. The molecule has 0 aromatic carbocycles. The summed E-state index contributed by atoms with van der Waals surface area (Å²) >= 11 is 0. The van der Waals surface area contributed by atoms with Crippen LogP contribution in [0.4, 0.5) is 0 Å². The fraction of sp³-hybridized carbons (Fsp3) is 0.435. The van der Waals surface area contributed by atoms with Crippen LogP contribution in [0.5, 0.6) is 5.88 Å². The zero-order valence-electron chi connectivity index (χ0n) is 18.6. The summed E-state index contributed by atoms with van der Waals surface area (Å²) in [6, 6.07) is 5.43. The monoisotopic (exact) mass is 418 g/mol. The maximum atomic E-state index is 13.1. The van der Waals surface area contributed by atoms with Gasteiger partial charge in [-0.15, -0.1) is 0 Å². The number of nitrogens with zero attached hydrogens (tertiary/aromatic N) is 5. The van der Waals surface area contributed by atoms with E-state index in [-0.39, 0.29) is 28.9 Å². The molecule has 0 saturated heterocycles.